The van der Waals surface area contributed by atoms with E-state index in [9.17, 15) is 9.90 Å². The van der Waals surface area contributed by atoms with Crippen molar-refractivity contribution in [3.8, 4) is 17.0 Å². The minimum atomic E-state index is -0.903. The number of ether oxygens (including phenoxy) is 1. The molecule has 0 aliphatic rings. The lowest BCUT2D eigenvalue weighted by Gasteiger charge is -2.13. The van der Waals surface area contributed by atoms with Crippen LogP contribution in [0.15, 0.2) is 54.7 Å². The molecule has 1 unspecified atom stereocenters. The van der Waals surface area contributed by atoms with Crippen LogP contribution in [0.1, 0.15) is 22.0 Å². The molecule has 0 spiro atoms. The van der Waals surface area contributed by atoms with Gasteiger partial charge in [-0.05, 0) is 18.2 Å². The Morgan fingerprint density at radius 3 is 2.88 bits per heavy atom. The van der Waals surface area contributed by atoms with Gasteiger partial charge in [0, 0.05) is 22.7 Å². The quantitative estimate of drug-likeness (QED) is 0.621. The van der Waals surface area contributed by atoms with Crippen molar-refractivity contribution in [1.82, 2.24) is 15.5 Å². The van der Waals surface area contributed by atoms with Crippen LogP contribution in [0, 0.1) is 0 Å². The van der Waals surface area contributed by atoms with Gasteiger partial charge in [-0.2, -0.15) is 5.10 Å². The first-order valence-electron chi connectivity index (χ1n) is 7.98. The van der Waals surface area contributed by atoms with Crippen LogP contribution in [0.5, 0.6) is 5.75 Å². The van der Waals surface area contributed by atoms with Gasteiger partial charge in [-0.3, -0.25) is 9.89 Å². The third-order valence-corrected chi connectivity index (χ3v) is 4.31. The first-order valence-corrected chi connectivity index (χ1v) is 8.36. The molecule has 0 saturated carbocycles. The molecule has 1 aromatic heterocycles. The summed E-state index contributed by atoms with van der Waals surface area (Å²) in [4.78, 5) is 12.5. The van der Waals surface area contributed by atoms with E-state index in [4.69, 9.17) is 16.3 Å². The van der Waals surface area contributed by atoms with Crippen LogP contribution in [0.2, 0.25) is 5.02 Å². The van der Waals surface area contributed by atoms with Crippen LogP contribution in [0.4, 0.5) is 0 Å². The predicted octanol–water partition coefficient (Wildman–Crippen LogP) is 3.20. The fraction of sp³-hybridized carbons (Fsp3) is 0.158. The lowest BCUT2D eigenvalue weighted by Crippen LogP contribution is -2.28. The fourth-order valence-electron chi connectivity index (χ4n) is 2.60. The van der Waals surface area contributed by atoms with Crippen molar-refractivity contribution in [3.63, 3.8) is 0 Å². The number of methoxy groups -OCH3 is 1. The smallest absolute Gasteiger partial charge is 0.255 e. The van der Waals surface area contributed by atoms with Crippen molar-refractivity contribution in [1.29, 1.82) is 0 Å². The van der Waals surface area contributed by atoms with Gasteiger partial charge in [0.1, 0.15) is 5.75 Å². The van der Waals surface area contributed by atoms with Crippen LogP contribution in [-0.4, -0.2) is 34.9 Å². The molecule has 26 heavy (non-hydrogen) atoms. The van der Waals surface area contributed by atoms with Gasteiger partial charge in [-0.25, -0.2) is 0 Å². The van der Waals surface area contributed by atoms with Gasteiger partial charge < -0.3 is 15.2 Å². The number of benzene rings is 2. The average Bonchev–Trinajstić information content (AvgIpc) is 3.16. The summed E-state index contributed by atoms with van der Waals surface area (Å²) in [5, 5.41) is 20.2. The van der Waals surface area contributed by atoms with Crippen LogP contribution in [-0.2, 0) is 0 Å². The molecule has 134 valence electrons. The molecule has 3 N–H and O–H groups in total. The third kappa shape index (κ3) is 3.87. The van der Waals surface area contributed by atoms with E-state index in [0.717, 1.165) is 5.56 Å². The van der Waals surface area contributed by atoms with Gasteiger partial charge in [-0.1, -0.05) is 41.9 Å². The lowest BCUT2D eigenvalue weighted by molar-refractivity contribution is 0.0917. The normalized spacial score (nSPS) is 11.8. The molecule has 0 radical (unpaired) electrons. The Hall–Kier alpha value is -2.83. The van der Waals surface area contributed by atoms with E-state index in [-0.39, 0.29) is 12.5 Å². The highest BCUT2D eigenvalue weighted by Crippen LogP contribution is 2.25. The molecular weight excluding hydrogens is 354 g/mol. The van der Waals surface area contributed by atoms with Gasteiger partial charge in [0.05, 0.1) is 30.7 Å². The average molecular weight is 372 g/mol. The number of aliphatic hydroxyl groups is 1. The number of nitrogens with one attached hydrogen (secondary N) is 2. The fourth-order valence-corrected chi connectivity index (χ4v) is 2.86. The monoisotopic (exact) mass is 371 g/mol. The minimum absolute atomic E-state index is 0.0330. The van der Waals surface area contributed by atoms with Gasteiger partial charge in [0.25, 0.3) is 5.91 Å². The number of halogens is 1. The topological polar surface area (TPSA) is 87.2 Å². The second kappa shape index (κ2) is 8.03. The zero-order valence-corrected chi connectivity index (χ0v) is 14.8. The molecule has 1 atom stereocenters. The Morgan fingerprint density at radius 1 is 1.31 bits per heavy atom. The Balaban J connectivity index is 1.73. The summed E-state index contributed by atoms with van der Waals surface area (Å²) in [7, 11) is 1.58. The molecule has 7 heteroatoms. The standard InChI is InChI=1S/C19H18ClN3O3/c1-26-13-6-4-5-12(9-13)18-15(10-22-23-18)19(25)21-11-17(24)14-7-2-3-8-16(14)20/h2-10,17,24H,11H2,1H3,(H,21,25)(H,22,23). The summed E-state index contributed by atoms with van der Waals surface area (Å²) in [6.07, 6.45) is 0.547. The lowest BCUT2D eigenvalue weighted by atomic mass is 10.1. The molecule has 0 bridgehead atoms. The molecule has 1 amide bonds. The number of carbonyl (C=O) groups excluding carboxylic acids is 1. The summed E-state index contributed by atoms with van der Waals surface area (Å²) in [5.41, 5.74) is 2.30. The minimum Gasteiger partial charge on any atom is -0.497 e. The molecular formula is C19H18ClN3O3. The molecule has 3 rings (SSSR count). The Labute approximate surface area is 155 Å². The van der Waals surface area contributed by atoms with Crippen molar-refractivity contribution in [2.75, 3.05) is 13.7 Å². The molecule has 0 aliphatic carbocycles. The van der Waals surface area contributed by atoms with E-state index in [2.05, 4.69) is 15.5 Å². The highest BCUT2D eigenvalue weighted by atomic mass is 35.5. The SMILES string of the molecule is COc1cccc(-c2[nH]ncc2C(=O)NCC(O)c2ccccc2Cl)c1. The van der Waals surface area contributed by atoms with Gasteiger partial charge in [-0.15, -0.1) is 0 Å². The number of amides is 1. The highest BCUT2D eigenvalue weighted by Gasteiger charge is 2.18. The number of aromatic nitrogens is 2. The molecule has 0 saturated heterocycles. The number of hydrogen-bond acceptors (Lipinski definition) is 4. The molecule has 0 fully saturated rings. The number of rotatable bonds is 6. The maximum absolute atomic E-state index is 12.5. The second-order valence-electron chi connectivity index (χ2n) is 5.64. The molecule has 2 aromatic carbocycles. The van der Waals surface area contributed by atoms with Crippen LogP contribution >= 0.6 is 11.6 Å². The Bertz CT molecular complexity index is 910. The third-order valence-electron chi connectivity index (χ3n) is 3.96. The molecule has 6 nitrogen and oxygen atoms in total. The van der Waals surface area contributed by atoms with Crippen molar-refractivity contribution in [3.05, 3.63) is 70.9 Å². The summed E-state index contributed by atoms with van der Waals surface area (Å²) >= 11 is 6.07. The second-order valence-corrected chi connectivity index (χ2v) is 6.05. The molecule has 1 heterocycles. The number of nitrogens with zero attached hydrogens (tertiary/aromatic N) is 1. The maximum Gasteiger partial charge on any atom is 0.255 e. The Morgan fingerprint density at radius 2 is 2.12 bits per heavy atom. The predicted molar refractivity (Wildman–Crippen MR) is 99.3 cm³/mol. The number of hydrogen-bond donors (Lipinski definition) is 3. The summed E-state index contributed by atoms with van der Waals surface area (Å²) in [5.74, 6) is 0.334. The number of aliphatic hydroxyl groups excluding tert-OH is 1. The van der Waals surface area contributed by atoms with Gasteiger partial charge >= 0.3 is 0 Å². The summed E-state index contributed by atoms with van der Waals surface area (Å²) in [6.45, 7) is 0.0330. The van der Waals surface area contributed by atoms with Crippen LogP contribution in [0.25, 0.3) is 11.3 Å². The molecule has 3 aromatic rings. The molecule has 0 aliphatic heterocycles. The van der Waals surface area contributed by atoms with E-state index in [0.29, 0.717) is 27.6 Å². The van der Waals surface area contributed by atoms with Crippen molar-refractivity contribution < 1.29 is 14.6 Å². The van der Waals surface area contributed by atoms with Crippen LogP contribution in [0.3, 0.4) is 0 Å². The van der Waals surface area contributed by atoms with E-state index in [1.165, 1.54) is 6.20 Å². The zero-order chi connectivity index (χ0) is 18.5. The van der Waals surface area contributed by atoms with Crippen molar-refractivity contribution >= 4 is 17.5 Å². The van der Waals surface area contributed by atoms with Gasteiger partial charge in [0.15, 0.2) is 0 Å². The van der Waals surface area contributed by atoms with Crippen molar-refractivity contribution in [2.45, 2.75) is 6.10 Å². The number of H-pyrrole nitrogens is 1. The van der Waals surface area contributed by atoms with E-state index in [1.54, 1.807) is 31.4 Å². The maximum atomic E-state index is 12.5. The largest absolute Gasteiger partial charge is 0.497 e. The van der Waals surface area contributed by atoms with Crippen molar-refractivity contribution in [2.24, 2.45) is 0 Å². The first-order chi connectivity index (χ1) is 12.6. The summed E-state index contributed by atoms with van der Waals surface area (Å²) < 4.78 is 5.21. The zero-order valence-electron chi connectivity index (χ0n) is 14.1. The number of aromatic amines is 1. The van der Waals surface area contributed by atoms with E-state index < -0.39 is 6.10 Å². The Kier molecular flexibility index (Phi) is 5.55. The highest BCUT2D eigenvalue weighted by molar-refractivity contribution is 6.31. The van der Waals surface area contributed by atoms with Crippen LogP contribution < -0.4 is 10.1 Å². The number of carbonyl (C=O) groups is 1. The first kappa shape index (κ1) is 18.0. The summed E-state index contributed by atoms with van der Waals surface area (Å²) in [6, 6.07) is 14.3. The van der Waals surface area contributed by atoms with Gasteiger partial charge in [0.2, 0.25) is 0 Å². The van der Waals surface area contributed by atoms with E-state index in [1.807, 2.05) is 24.3 Å². The van der Waals surface area contributed by atoms with E-state index >= 15 is 0 Å².